The van der Waals surface area contributed by atoms with E-state index in [0.29, 0.717) is 6.61 Å². The van der Waals surface area contributed by atoms with Gasteiger partial charge in [-0.3, -0.25) is 0 Å². The monoisotopic (exact) mass is 301 g/mol. The Morgan fingerprint density at radius 1 is 1.24 bits per heavy atom. The Bertz CT molecular complexity index is 331. The number of nitrogens with one attached hydrogen (secondary N) is 1. The molecule has 0 aliphatic carbocycles. The Hall–Kier alpha value is -0.580. The zero-order chi connectivity index (χ0) is 12.5. The number of halogens is 1. The quantitative estimate of drug-likeness (QED) is 0.749. The highest BCUT2D eigenvalue weighted by Gasteiger charge is 2.00. The van der Waals surface area contributed by atoms with Gasteiger partial charge in [0, 0.05) is 19.7 Å². The molecule has 0 spiro atoms. The highest BCUT2D eigenvalue weighted by molar-refractivity contribution is 9.10. The van der Waals surface area contributed by atoms with E-state index >= 15 is 0 Å². The Labute approximate surface area is 112 Å². The van der Waals surface area contributed by atoms with Crippen LogP contribution in [0.15, 0.2) is 22.7 Å². The lowest BCUT2D eigenvalue weighted by atomic mass is 10.2. The largest absolute Gasteiger partial charge is 0.491 e. The summed E-state index contributed by atoms with van der Waals surface area (Å²) in [6.45, 7) is 7.94. The maximum absolute atomic E-state index is 5.65. The summed E-state index contributed by atoms with van der Waals surface area (Å²) in [6.07, 6.45) is 0. The summed E-state index contributed by atoms with van der Waals surface area (Å²) in [4.78, 5) is 0. The second-order valence-corrected chi connectivity index (χ2v) is 4.58. The fourth-order valence-electron chi connectivity index (χ4n) is 1.37. The molecule has 0 fully saturated rings. The number of aryl methyl sites for hydroxylation is 1. The van der Waals surface area contributed by atoms with Crippen molar-refractivity contribution in [2.24, 2.45) is 0 Å². The summed E-state index contributed by atoms with van der Waals surface area (Å²) in [5, 5.41) is 3.26. The van der Waals surface area contributed by atoms with Crippen LogP contribution in [0.1, 0.15) is 12.5 Å². The van der Waals surface area contributed by atoms with Gasteiger partial charge >= 0.3 is 0 Å². The van der Waals surface area contributed by atoms with Gasteiger partial charge in [-0.05, 0) is 47.5 Å². The molecular weight excluding hydrogens is 282 g/mol. The van der Waals surface area contributed by atoms with Crippen molar-refractivity contribution in [3.63, 3.8) is 0 Å². The van der Waals surface area contributed by atoms with Crippen LogP contribution in [0, 0.1) is 6.92 Å². The van der Waals surface area contributed by atoms with E-state index in [1.165, 1.54) is 5.56 Å². The van der Waals surface area contributed by atoms with E-state index in [4.69, 9.17) is 9.47 Å². The van der Waals surface area contributed by atoms with E-state index in [9.17, 15) is 0 Å². The van der Waals surface area contributed by atoms with E-state index in [1.807, 2.05) is 19.1 Å². The number of ether oxygens (including phenoxy) is 2. The second-order valence-electron chi connectivity index (χ2n) is 3.73. The summed E-state index contributed by atoms with van der Waals surface area (Å²) in [5.41, 5.74) is 1.22. The first-order chi connectivity index (χ1) is 8.24. The number of rotatable bonds is 8. The zero-order valence-electron chi connectivity index (χ0n) is 10.5. The molecule has 0 heterocycles. The van der Waals surface area contributed by atoms with Crippen molar-refractivity contribution in [2.45, 2.75) is 13.8 Å². The van der Waals surface area contributed by atoms with E-state index in [2.05, 4.69) is 34.2 Å². The predicted molar refractivity (Wildman–Crippen MR) is 73.7 cm³/mol. The molecule has 0 aliphatic rings. The van der Waals surface area contributed by atoms with Crippen LogP contribution in [-0.2, 0) is 4.74 Å². The third-order valence-corrected chi connectivity index (χ3v) is 2.87. The minimum Gasteiger partial charge on any atom is -0.491 e. The average molecular weight is 302 g/mol. The Morgan fingerprint density at radius 3 is 2.71 bits per heavy atom. The first-order valence-corrected chi connectivity index (χ1v) is 6.70. The molecule has 0 bridgehead atoms. The minimum absolute atomic E-state index is 0.661. The van der Waals surface area contributed by atoms with Crippen molar-refractivity contribution >= 4 is 15.9 Å². The zero-order valence-corrected chi connectivity index (χ0v) is 12.0. The van der Waals surface area contributed by atoms with Crippen LogP contribution in [0.25, 0.3) is 0 Å². The first-order valence-electron chi connectivity index (χ1n) is 5.91. The van der Waals surface area contributed by atoms with Crippen LogP contribution in [0.5, 0.6) is 5.75 Å². The smallest absolute Gasteiger partial charge is 0.133 e. The topological polar surface area (TPSA) is 30.5 Å². The molecule has 0 unspecified atom stereocenters. The molecule has 1 aromatic carbocycles. The molecule has 1 rings (SSSR count). The molecule has 0 saturated heterocycles. The van der Waals surface area contributed by atoms with Crippen LogP contribution in [0.4, 0.5) is 0 Å². The van der Waals surface area contributed by atoms with Crippen LogP contribution in [0.3, 0.4) is 0 Å². The highest BCUT2D eigenvalue weighted by atomic mass is 79.9. The van der Waals surface area contributed by atoms with E-state index in [0.717, 1.165) is 36.5 Å². The predicted octanol–water partition coefficient (Wildman–Crippen LogP) is 2.76. The molecule has 0 saturated carbocycles. The molecule has 1 N–H and O–H groups in total. The van der Waals surface area contributed by atoms with Gasteiger partial charge < -0.3 is 14.8 Å². The summed E-state index contributed by atoms with van der Waals surface area (Å²) in [5.74, 6) is 0.891. The first kappa shape index (κ1) is 14.5. The third kappa shape index (κ3) is 6.05. The van der Waals surface area contributed by atoms with Crippen molar-refractivity contribution in [3.05, 3.63) is 28.2 Å². The number of hydrogen-bond acceptors (Lipinski definition) is 3. The highest BCUT2D eigenvalue weighted by Crippen LogP contribution is 2.25. The lowest BCUT2D eigenvalue weighted by Crippen LogP contribution is -2.25. The maximum atomic E-state index is 5.65. The molecular formula is C13H20BrNO2. The van der Waals surface area contributed by atoms with E-state index in [1.54, 1.807) is 0 Å². The Kier molecular flexibility index (Phi) is 7.24. The Morgan fingerprint density at radius 2 is 2.00 bits per heavy atom. The van der Waals surface area contributed by atoms with Crippen LogP contribution < -0.4 is 10.1 Å². The molecule has 1 aromatic rings. The van der Waals surface area contributed by atoms with Gasteiger partial charge in [0.1, 0.15) is 12.4 Å². The maximum Gasteiger partial charge on any atom is 0.133 e. The average Bonchev–Trinajstić information content (AvgIpc) is 2.30. The van der Waals surface area contributed by atoms with Gasteiger partial charge in [-0.2, -0.15) is 0 Å². The molecule has 0 amide bonds. The number of hydrogen-bond donors (Lipinski definition) is 1. The molecule has 0 radical (unpaired) electrons. The fourth-order valence-corrected chi connectivity index (χ4v) is 1.98. The van der Waals surface area contributed by atoms with Crippen LogP contribution in [0.2, 0.25) is 0 Å². The molecule has 3 nitrogen and oxygen atoms in total. The Balaban J connectivity index is 2.14. The SMILES string of the molecule is CCOCCNCCOc1ccc(C)cc1Br. The van der Waals surface area contributed by atoms with Gasteiger partial charge in [0.25, 0.3) is 0 Å². The van der Waals surface area contributed by atoms with Crippen LogP contribution >= 0.6 is 15.9 Å². The standard InChI is InChI=1S/C13H20BrNO2/c1-3-16-8-6-15-7-9-17-13-5-4-11(2)10-12(13)14/h4-5,10,15H,3,6-9H2,1-2H3. The second kappa shape index (κ2) is 8.50. The lowest BCUT2D eigenvalue weighted by molar-refractivity contribution is 0.148. The summed E-state index contributed by atoms with van der Waals surface area (Å²) < 4.78 is 11.9. The van der Waals surface area contributed by atoms with E-state index in [-0.39, 0.29) is 0 Å². The minimum atomic E-state index is 0.661. The number of benzene rings is 1. The van der Waals surface area contributed by atoms with Gasteiger partial charge in [0.05, 0.1) is 11.1 Å². The molecule has 0 aromatic heterocycles. The van der Waals surface area contributed by atoms with Crippen molar-refractivity contribution in [1.29, 1.82) is 0 Å². The van der Waals surface area contributed by atoms with E-state index < -0.39 is 0 Å². The van der Waals surface area contributed by atoms with Crippen molar-refractivity contribution in [1.82, 2.24) is 5.32 Å². The molecule has 0 aliphatic heterocycles. The van der Waals surface area contributed by atoms with Crippen molar-refractivity contribution < 1.29 is 9.47 Å². The van der Waals surface area contributed by atoms with Gasteiger partial charge in [-0.25, -0.2) is 0 Å². The summed E-state index contributed by atoms with van der Waals surface area (Å²) in [7, 11) is 0. The molecule has 0 atom stereocenters. The fraction of sp³-hybridized carbons (Fsp3) is 0.538. The molecule has 96 valence electrons. The van der Waals surface area contributed by atoms with Gasteiger partial charge in [-0.1, -0.05) is 6.07 Å². The normalized spacial score (nSPS) is 10.5. The third-order valence-electron chi connectivity index (χ3n) is 2.25. The lowest BCUT2D eigenvalue weighted by Gasteiger charge is -2.09. The molecule has 17 heavy (non-hydrogen) atoms. The van der Waals surface area contributed by atoms with Gasteiger partial charge in [0.2, 0.25) is 0 Å². The van der Waals surface area contributed by atoms with Crippen molar-refractivity contribution in [3.8, 4) is 5.75 Å². The molecule has 4 heteroatoms. The summed E-state index contributed by atoms with van der Waals surface area (Å²) in [6, 6.07) is 6.08. The summed E-state index contributed by atoms with van der Waals surface area (Å²) >= 11 is 3.49. The van der Waals surface area contributed by atoms with Gasteiger partial charge in [-0.15, -0.1) is 0 Å². The van der Waals surface area contributed by atoms with Crippen LogP contribution in [-0.4, -0.2) is 32.9 Å². The van der Waals surface area contributed by atoms with Crippen molar-refractivity contribution in [2.75, 3.05) is 32.9 Å². The van der Waals surface area contributed by atoms with Gasteiger partial charge in [0.15, 0.2) is 0 Å².